The summed E-state index contributed by atoms with van der Waals surface area (Å²) < 4.78 is 21.9. The fraction of sp³-hybridized carbons (Fsp3) is 0.500. The van der Waals surface area contributed by atoms with Crippen molar-refractivity contribution in [2.75, 3.05) is 12.0 Å². The Morgan fingerprint density at radius 1 is 1.67 bits per heavy atom. The van der Waals surface area contributed by atoms with E-state index in [1.54, 1.807) is 0 Å². The minimum absolute atomic E-state index is 0.238. The van der Waals surface area contributed by atoms with E-state index >= 15 is 0 Å². The highest BCUT2D eigenvalue weighted by molar-refractivity contribution is 7.90. The topological polar surface area (TPSA) is 46.5 Å². The Morgan fingerprint density at radius 2 is 2.40 bits per heavy atom. The van der Waals surface area contributed by atoms with Gasteiger partial charge in [-0.3, -0.25) is 0 Å². The number of sulfone groups is 1. The summed E-state index contributed by atoms with van der Waals surface area (Å²) in [7, 11) is -2.85. The molecule has 3 nitrogen and oxygen atoms in total. The maximum absolute atomic E-state index is 11.0. The predicted octanol–water partition coefficient (Wildman–Crippen LogP) is 1.98. The monoisotopic (exact) mass is 243 g/mol. The molecule has 0 aliphatic heterocycles. The summed E-state index contributed by atoms with van der Waals surface area (Å²) in [5.41, 5.74) is 0.806. The lowest BCUT2D eigenvalue weighted by molar-refractivity contribution is 0.580. The molecule has 0 aromatic heterocycles. The summed E-state index contributed by atoms with van der Waals surface area (Å²) >= 11 is 4.49. The van der Waals surface area contributed by atoms with Gasteiger partial charge in [-0.15, -0.1) is 0 Å². The van der Waals surface area contributed by atoms with E-state index in [0.717, 1.165) is 12.1 Å². The molecule has 0 aromatic carbocycles. The second-order valence-corrected chi connectivity index (χ2v) is 6.05. The number of aliphatic imine (C=N–C) groups is 1. The van der Waals surface area contributed by atoms with Crippen molar-refractivity contribution in [2.24, 2.45) is 10.9 Å². The van der Waals surface area contributed by atoms with E-state index in [1.165, 1.54) is 6.26 Å². The molecule has 0 saturated carbocycles. The first-order valence-corrected chi connectivity index (χ1v) is 7.12. The Labute approximate surface area is 95.5 Å². The molecule has 15 heavy (non-hydrogen) atoms. The predicted molar refractivity (Wildman–Crippen MR) is 64.7 cm³/mol. The molecule has 0 saturated heterocycles. The van der Waals surface area contributed by atoms with Crippen molar-refractivity contribution >= 4 is 27.2 Å². The maximum Gasteiger partial charge on any atom is 0.147 e. The molecule has 1 atom stereocenters. The van der Waals surface area contributed by atoms with Gasteiger partial charge in [-0.2, -0.15) is 4.99 Å². The van der Waals surface area contributed by atoms with Crippen molar-refractivity contribution in [3.05, 3.63) is 23.9 Å². The van der Waals surface area contributed by atoms with Gasteiger partial charge in [0, 0.05) is 6.26 Å². The lowest BCUT2D eigenvalue weighted by Gasteiger charge is -2.13. The quantitative estimate of drug-likeness (QED) is 0.560. The highest BCUT2D eigenvalue weighted by Crippen LogP contribution is 2.20. The van der Waals surface area contributed by atoms with E-state index in [9.17, 15) is 8.42 Å². The summed E-state index contributed by atoms with van der Waals surface area (Å²) in [6, 6.07) is 0. The number of thiocarbonyl (C=S) groups is 1. The first-order chi connectivity index (χ1) is 7.01. The number of hydrogen-bond acceptors (Lipinski definition) is 4. The molecular formula is C10H13NO2S2. The van der Waals surface area contributed by atoms with Crippen LogP contribution >= 0.6 is 12.2 Å². The minimum atomic E-state index is -2.85. The lowest BCUT2D eigenvalue weighted by Crippen LogP contribution is -2.09. The van der Waals surface area contributed by atoms with Crippen LogP contribution in [0.5, 0.6) is 0 Å². The van der Waals surface area contributed by atoms with Crippen LogP contribution in [0.1, 0.15) is 12.8 Å². The van der Waals surface area contributed by atoms with Gasteiger partial charge in [-0.25, -0.2) is 8.42 Å². The molecular weight excluding hydrogens is 230 g/mol. The highest BCUT2D eigenvalue weighted by atomic mass is 32.2. The third-order valence-electron chi connectivity index (χ3n) is 2.20. The molecule has 5 heteroatoms. The van der Waals surface area contributed by atoms with Gasteiger partial charge >= 0.3 is 0 Å². The van der Waals surface area contributed by atoms with Gasteiger partial charge < -0.3 is 0 Å². The van der Waals surface area contributed by atoms with E-state index in [0.29, 0.717) is 12.3 Å². The summed E-state index contributed by atoms with van der Waals surface area (Å²) in [5.74, 6) is 0.533. The zero-order valence-electron chi connectivity index (χ0n) is 8.51. The number of rotatable bonds is 4. The molecule has 0 N–H and O–H groups in total. The van der Waals surface area contributed by atoms with Crippen LogP contribution in [-0.4, -0.2) is 25.6 Å². The Morgan fingerprint density at radius 3 is 2.87 bits per heavy atom. The smallest absolute Gasteiger partial charge is 0.147 e. The van der Waals surface area contributed by atoms with Crippen molar-refractivity contribution in [1.29, 1.82) is 0 Å². The van der Waals surface area contributed by atoms with Crippen LogP contribution in [0.15, 0.2) is 28.9 Å². The number of isothiocyanates is 1. The van der Waals surface area contributed by atoms with Crippen LogP contribution in [0.3, 0.4) is 0 Å². The molecule has 0 spiro atoms. The number of hydrogen-bond donors (Lipinski definition) is 0. The van der Waals surface area contributed by atoms with Gasteiger partial charge in [-0.05, 0) is 37.1 Å². The van der Waals surface area contributed by atoms with Crippen molar-refractivity contribution < 1.29 is 8.42 Å². The molecule has 0 aromatic rings. The van der Waals surface area contributed by atoms with Crippen LogP contribution in [0.25, 0.3) is 0 Å². The number of allylic oxidation sites excluding steroid dienone is 3. The van der Waals surface area contributed by atoms with Gasteiger partial charge in [-0.1, -0.05) is 12.2 Å². The van der Waals surface area contributed by atoms with E-state index in [4.69, 9.17) is 0 Å². The SMILES string of the molecule is CS(=O)(=O)CCC1C=CC(N=C=S)=CC1. The van der Waals surface area contributed by atoms with Gasteiger partial charge in [0.2, 0.25) is 0 Å². The third-order valence-corrected chi connectivity index (χ3v) is 3.27. The summed E-state index contributed by atoms with van der Waals surface area (Å²) in [4.78, 5) is 3.85. The van der Waals surface area contributed by atoms with Gasteiger partial charge in [0.05, 0.1) is 16.6 Å². The van der Waals surface area contributed by atoms with Crippen molar-refractivity contribution in [2.45, 2.75) is 12.8 Å². The molecule has 82 valence electrons. The molecule has 1 aliphatic carbocycles. The van der Waals surface area contributed by atoms with E-state index in [2.05, 4.69) is 22.4 Å². The third kappa shape index (κ3) is 5.02. The Bertz CT molecular complexity index is 428. The van der Waals surface area contributed by atoms with Gasteiger partial charge in [0.15, 0.2) is 0 Å². The van der Waals surface area contributed by atoms with E-state index in [-0.39, 0.29) is 5.75 Å². The van der Waals surface area contributed by atoms with Crippen molar-refractivity contribution in [3.63, 3.8) is 0 Å². The van der Waals surface area contributed by atoms with Crippen LogP contribution in [0.4, 0.5) is 0 Å². The Kier molecular flexibility index (Phi) is 4.39. The highest BCUT2D eigenvalue weighted by Gasteiger charge is 2.11. The lowest BCUT2D eigenvalue weighted by atomic mass is 9.97. The fourth-order valence-corrected chi connectivity index (χ4v) is 2.20. The molecule has 1 unspecified atom stereocenters. The Balaban J connectivity index is 2.46. The second-order valence-electron chi connectivity index (χ2n) is 3.61. The molecule has 1 aliphatic rings. The van der Waals surface area contributed by atoms with Crippen molar-refractivity contribution in [3.8, 4) is 0 Å². The minimum Gasteiger partial charge on any atom is -0.229 e. The standard InChI is InChI=1S/C10H13NO2S2/c1-15(12,13)7-6-9-2-4-10(5-3-9)11-8-14/h2,4-5,9H,3,6-7H2,1H3. The summed E-state index contributed by atoms with van der Waals surface area (Å²) in [6.45, 7) is 0. The van der Waals surface area contributed by atoms with Crippen molar-refractivity contribution in [1.82, 2.24) is 0 Å². The van der Waals surface area contributed by atoms with Crippen LogP contribution in [0.2, 0.25) is 0 Å². The first-order valence-electron chi connectivity index (χ1n) is 4.65. The normalized spacial score (nSPS) is 20.6. The van der Waals surface area contributed by atoms with Gasteiger partial charge in [0.1, 0.15) is 9.84 Å². The maximum atomic E-state index is 11.0. The molecule has 0 radical (unpaired) electrons. The largest absolute Gasteiger partial charge is 0.229 e. The molecule has 0 heterocycles. The van der Waals surface area contributed by atoms with E-state index < -0.39 is 9.84 Å². The molecule has 0 amide bonds. The van der Waals surface area contributed by atoms with E-state index in [1.807, 2.05) is 18.2 Å². The number of nitrogens with zero attached hydrogens (tertiary/aromatic N) is 1. The van der Waals surface area contributed by atoms with Gasteiger partial charge in [0.25, 0.3) is 0 Å². The summed E-state index contributed by atoms with van der Waals surface area (Å²) in [5, 5.41) is 2.30. The second kappa shape index (κ2) is 5.35. The molecule has 0 bridgehead atoms. The van der Waals surface area contributed by atoms with Crippen LogP contribution in [0, 0.1) is 5.92 Å². The molecule has 1 rings (SSSR count). The Hall–Kier alpha value is -0.770. The summed E-state index contributed by atoms with van der Waals surface area (Å²) in [6.07, 6.45) is 8.54. The average Bonchev–Trinajstić information content (AvgIpc) is 2.16. The zero-order chi connectivity index (χ0) is 11.3. The van der Waals surface area contributed by atoms with Crippen LogP contribution < -0.4 is 0 Å². The zero-order valence-corrected chi connectivity index (χ0v) is 10.1. The fourth-order valence-electron chi connectivity index (χ4n) is 1.37. The molecule has 0 fully saturated rings. The van der Waals surface area contributed by atoms with Crippen LogP contribution in [-0.2, 0) is 9.84 Å². The first kappa shape index (κ1) is 12.3. The average molecular weight is 243 g/mol.